The van der Waals surface area contributed by atoms with Crippen LogP contribution in [0, 0.1) is 0 Å². The lowest BCUT2D eigenvalue weighted by Crippen LogP contribution is -2.09. The van der Waals surface area contributed by atoms with Crippen molar-refractivity contribution in [2.24, 2.45) is 0 Å². The molecule has 49 heavy (non-hydrogen) atoms. The maximum absolute atomic E-state index is 6.63. The predicted molar refractivity (Wildman–Crippen MR) is 206 cm³/mol. The van der Waals surface area contributed by atoms with Gasteiger partial charge in [-0.25, -0.2) is 0 Å². The Labute approximate surface area is 283 Å². The third kappa shape index (κ3) is 4.37. The third-order valence-electron chi connectivity index (χ3n) is 9.75. The standard InChI is InChI=1S/C46H30N2O/c1-4-14-31(15-5-1)39-30-42-41-29-35(25-27-45(41)49-46(42)38-22-11-10-20-36(38)39)47(32-16-6-2-7-17-32)34-24-26-44-40(28-34)37-21-12-13-23-43(37)48(44)33-18-8-3-9-19-33/h1-30H. The Morgan fingerprint density at radius 3 is 1.76 bits per heavy atom. The minimum Gasteiger partial charge on any atom is -0.455 e. The van der Waals surface area contributed by atoms with Crippen LogP contribution in [0.1, 0.15) is 0 Å². The molecule has 0 fully saturated rings. The lowest BCUT2D eigenvalue weighted by Gasteiger charge is -2.25. The third-order valence-corrected chi connectivity index (χ3v) is 9.75. The number of hydrogen-bond donors (Lipinski definition) is 0. The molecule has 10 aromatic rings. The maximum Gasteiger partial charge on any atom is 0.143 e. The van der Waals surface area contributed by atoms with Gasteiger partial charge in [-0.15, -0.1) is 0 Å². The highest BCUT2D eigenvalue weighted by Gasteiger charge is 2.20. The fourth-order valence-electron chi connectivity index (χ4n) is 7.56. The van der Waals surface area contributed by atoms with Gasteiger partial charge in [0.05, 0.1) is 11.0 Å². The average Bonchev–Trinajstić information content (AvgIpc) is 3.71. The molecule has 0 radical (unpaired) electrons. The summed E-state index contributed by atoms with van der Waals surface area (Å²) in [5.74, 6) is 0. The molecule has 0 amide bonds. The topological polar surface area (TPSA) is 21.3 Å². The second-order valence-electron chi connectivity index (χ2n) is 12.6. The summed E-state index contributed by atoms with van der Waals surface area (Å²) in [6, 6.07) is 64.9. The summed E-state index contributed by atoms with van der Waals surface area (Å²) in [7, 11) is 0. The van der Waals surface area contributed by atoms with Crippen LogP contribution >= 0.6 is 0 Å². The van der Waals surface area contributed by atoms with Crippen LogP contribution in [0.5, 0.6) is 0 Å². The van der Waals surface area contributed by atoms with Gasteiger partial charge in [-0.3, -0.25) is 0 Å². The van der Waals surface area contributed by atoms with Crippen LogP contribution in [0.3, 0.4) is 0 Å². The van der Waals surface area contributed by atoms with E-state index in [9.17, 15) is 0 Å². The first-order chi connectivity index (χ1) is 24.3. The Kier molecular flexibility index (Phi) is 6.18. The second-order valence-corrected chi connectivity index (χ2v) is 12.6. The second kappa shape index (κ2) is 11.0. The fourth-order valence-corrected chi connectivity index (χ4v) is 7.56. The maximum atomic E-state index is 6.63. The number of para-hydroxylation sites is 3. The van der Waals surface area contributed by atoms with Crippen LogP contribution in [0.15, 0.2) is 186 Å². The van der Waals surface area contributed by atoms with Crippen molar-refractivity contribution in [2.45, 2.75) is 0 Å². The Balaban J connectivity index is 1.21. The molecule has 0 aliphatic rings. The molecule has 230 valence electrons. The molecule has 0 saturated heterocycles. The van der Waals surface area contributed by atoms with Crippen LogP contribution in [0.25, 0.3) is 71.3 Å². The Hall–Kier alpha value is -6.58. The van der Waals surface area contributed by atoms with Crippen molar-refractivity contribution in [3.8, 4) is 16.8 Å². The predicted octanol–water partition coefficient (Wildman–Crippen LogP) is 13.0. The van der Waals surface area contributed by atoms with Crippen molar-refractivity contribution < 1.29 is 4.42 Å². The summed E-state index contributed by atoms with van der Waals surface area (Å²) in [6.07, 6.45) is 0. The molecule has 3 nitrogen and oxygen atoms in total. The van der Waals surface area contributed by atoms with E-state index in [-0.39, 0.29) is 0 Å². The minimum absolute atomic E-state index is 0.878. The van der Waals surface area contributed by atoms with Crippen LogP contribution < -0.4 is 4.90 Å². The zero-order valence-corrected chi connectivity index (χ0v) is 26.6. The van der Waals surface area contributed by atoms with Gasteiger partial charge in [0.2, 0.25) is 0 Å². The molecule has 3 heteroatoms. The minimum atomic E-state index is 0.878. The van der Waals surface area contributed by atoms with Crippen LogP contribution in [-0.4, -0.2) is 4.57 Å². The molecule has 10 rings (SSSR count). The van der Waals surface area contributed by atoms with E-state index in [0.29, 0.717) is 0 Å². The SMILES string of the molecule is c1ccc(-c2cc3c4cc(N(c5ccccc5)c5ccc6c(c5)c5ccccc5n6-c5ccccc5)ccc4oc3c3ccccc23)cc1. The summed E-state index contributed by atoms with van der Waals surface area (Å²) in [5, 5.41) is 6.97. The number of aromatic nitrogens is 1. The molecule has 0 saturated carbocycles. The van der Waals surface area contributed by atoms with Crippen molar-refractivity contribution in [3.63, 3.8) is 0 Å². The number of nitrogens with zero attached hydrogens (tertiary/aromatic N) is 2. The number of rotatable bonds is 5. The van der Waals surface area contributed by atoms with Crippen molar-refractivity contribution in [3.05, 3.63) is 182 Å². The van der Waals surface area contributed by atoms with E-state index in [1.807, 2.05) is 0 Å². The molecule has 2 aromatic heterocycles. The van der Waals surface area contributed by atoms with Gasteiger partial charge in [0.15, 0.2) is 0 Å². The average molecular weight is 627 g/mol. The lowest BCUT2D eigenvalue weighted by atomic mass is 9.95. The summed E-state index contributed by atoms with van der Waals surface area (Å²) in [5.41, 5.74) is 11.0. The summed E-state index contributed by atoms with van der Waals surface area (Å²) in [6.45, 7) is 0. The van der Waals surface area contributed by atoms with Gasteiger partial charge in [0.1, 0.15) is 11.2 Å². The molecule has 0 aliphatic heterocycles. The van der Waals surface area contributed by atoms with Crippen molar-refractivity contribution in [1.29, 1.82) is 0 Å². The smallest absolute Gasteiger partial charge is 0.143 e. The molecule has 0 N–H and O–H groups in total. The quantitative estimate of drug-likeness (QED) is 0.190. The number of fused-ring (bicyclic) bond motifs is 8. The summed E-state index contributed by atoms with van der Waals surface area (Å²) >= 11 is 0. The Morgan fingerprint density at radius 1 is 0.388 bits per heavy atom. The molecular formula is C46H30N2O. The number of anilines is 3. The summed E-state index contributed by atoms with van der Waals surface area (Å²) < 4.78 is 8.99. The zero-order valence-electron chi connectivity index (χ0n) is 26.6. The number of furan rings is 1. The normalized spacial score (nSPS) is 11.7. The molecule has 0 bridgehead atoms. The molecule has 8 aromatic carbocycles. The van der Waals surface area contributed by atoms with E-state index in [0.717, 1.165) is 50.1 Å². The van der Waals surface area contributed by atoms with Crippen LogP contribution in [-0.2, 0) is 0 Å². The van der Waals surface area contributed by atoms with Gasteiger partial charge in [0.25, 0.3) is 0 Å². The number of benzene rings is 8. The van der Waals surface area contributed by atoms with E-state index in [1.165, 1.54) is 38.3 Å². The van der Waals surface area contributed by atoms with Crippen LogP contribution in [0.2, 0.25) is 0 Å². The first kappa shape index (κ1) is 27.5. The summed E-state index contributed by atoms with van der Waals surface area (Å²) in [4.78, 5) is 2.35. The van der Waals surface area contributed by atoms with Gasteiger partial charge in [0, 0.05) is 49.7 Å². The highest BCUT2D eigenvalue weighted by atomic mass is 16.3. The van der Waals surface area contributed by atoms with Crippen molar-refractivity contribution >= 4 is 71.6 Å². The van der Waals surface area contributed by atoms with E-state index in [4.69, 9.17) is 4.42 Å². The van der Waals surface area contributed by atoms with Gasteiger partial charge in [-0.2, -0.15) is 0 Å². The molecule has 2 heterocycles. The fraction of sp³-hybridized carbons (Fsp3) is 0. The molecule has 0 aliphatic carbocycles. The van der Waals surface area contributed by atoms with Crippen molar-refractivity contribution in [1.82, 2.24) is 4.57 Å². The number of hydrogen-bond acceptors (Lipinski definition) is 2. The van der Waals surface area contributed by atoms with Gasteiger partial charge >= 0.3 is 0 Å². The molecule has 0 spiro atoms. The monoisotopic (exact) mass is 626 g/mol. The Bertz CT molecular complexity index is 2810. The highest BCUT2D eigenvalue weighted by Crippen LogP contribution is 2.44. The van der Waals surface area contributed by atoms with E-state index in [1.54, 1.807) is 0 Å². The van der Waals surface area contributed by atoms with Gasteiger partial charge in [-0.1, -0.05) is 109 Å². The van der Waals surface area contributed by atoms with Crippen LogP contribution in [0.4, 0.5) is 17.1 Å². The Morgan fingerprint density at radius 2 is 0.980 bits per heavy atom. The molecular weight excluding hydrogens is 597 g/mol. The van der Waals surface area contributed by atoms with E-state index >= 15 is 0 Å². The lowest BCUT2D eigenvalue weighted by molar-refractivity contribution is 0.672. The molecule has 0 unspecified atom stereocenters. The molecule has 0 atom stereocenters. The first-order valence-electron chi connectivity index (χ1n) is 16.7. The van der Waals surface area contributed by atoms with Gasteiger partial charge < -0.3 is 13.9 Å². The largest absolute Gasteiger partial charge is 0.455 e. The van der Waals surface area contributed by atoms with Crippen molar-refractivity contribution in [2.75, 3.05) is 4.90 Å². The van der Waals surface area contributed by atoms with E-state index < -0.39 is 0 Å². The van der Waals surface area contributed by atoms with Gasteiger partial charge in [-0.05, 0) is 89.3 Å². The first-order valence-corrected chi connectivity index (χ1v) is 16.7. The zero-order chi connectivity index (χ0) is 32.3. The van der Waals surface area contributed by atoms with E-state index in [2.05, 4.69) is 191 Å². The highest BCUT2D eigenvalue weighted by molar-refractivity contribution is 6.19.